The zero-order chi connectivity index (χ0) is 20.1. The molecule has 150 valence electrons. The number of hydrogen-bond donors (Lipinski definition) is 2. The Bertz CT molecular complexity index is 833. The van der Waals surface area contributed by atoms with Gasteiger partial charge in [0.1, 0.15) is 11.6 Å². The summed E-state index contributed by atoms with van der Waals surface area (Å²) in [6, 6.07) is 10.9. The van der Waals surface area contributed by atoms with Crippen molar-refractivity contribution in [3.05, 3.63) is 70.2 Å². The minimum atomic E-state index is -0.593. The van der Waals surface area contributed by atoms with Gasteiger partial charge in [-0.1, -0.05) is 35.9 Å². The molecule has 1 aliphatic rings. The molecule has 1 heterocycles. The molecule has 0 radical (unpaired) electrons. The molecule has 2 atom stereocenters. The molecule has 0 bridgehead atoms. The normalized spacial score (nSPS) is 19.7. The third-order valence-corrected chi connectivity index (χ3v) is 5.35. The molecule has 2 N–H and O–H groups in total. The number of benzene rings is 2. The minimum Gasteiger partial charge on any atom is -0.355 e. The molecule has 0 unspecified atom stereocenters. The van der Waals surface area contributed by atoms with E-state index in [1.807, 2.05) is 31.2 Å². The van der Waals surface area contributed by atoms with E-state index in [-0.39, 0.29) is 24.5 Å². The van der Waals surface area contributed by atoms with Crippen LogP contribution >= 0.6 is 11.6 Å². The number of rotatable bonds is 7. The van der Waals surface area contributed by atoms with Crippen LogP contribution in [0.5, 0.6) is 0 Å². The molecular weight excluding hydrogens is 384 g/mol. The highest BCUT2D eigenvalue weighted by atomic mass is 35.5. The van der Waals surface area contributed by atoms with Crippen LogP contribution < -0.4 is 10.6 Å². The second-order valence-electron chi connectivity index (χ2n) is 6.98. The average Bonchev–Trinajstić information content (AvgIpc) is 3.06. The van der Waals surface area contributed by atoms with E-state index in [0.717, 1.165) is 11.6 Å². The SMILES string of the molecule is CCNC(=O)[C@@H]1C[C@H](NCc2ccc(F)cc2F)CN1Cc1ccccc1Cl. The van der Waals surface area contributed by atoms with Gasteiger partial charge in [0, 0.05) is 48.9 Å². The largest absolute Gasteiger partial charge is 0.355 e. The second-order valence-corrected chi connectivity index (χ2v) is 7.39. The van der Waals surface area contributed by atoms with E-state index in [0.29, 0.717) is 36.6 Å². The topological polar surface area (TPSA) is 44.4 Å². The maximum absolute atomic E-state index is 13.9. The molecule has 4 nitrogen and oxygen atoms in total. The van der Waals surface area contributed by atoms with Gasteiger partial charge in [-0.2, -0.15) is 0 Å². The lowest BCUT2D eigenvalue weighted by molar-refractivity contribution is -0.125. The first kappa shape index (κ1) is 20.7. The Morgan fingerprint density at radius 1 is 1.21 bits per heavy atom. The summed E-state index contributed by atoms with van der Waals surface area (Å²) in [7, 11) is 0. The van der Waals surface area contributed by atoms with Crippen molar-refractivity contribution in [2.75, 3.05) is 13.1 Å². The number of halogens is 3. The fraction of sp³-hybridized carbons (Fsp3) is 0.381. The number of carbonyl (C=O) groups is 1. The summed E-state index contributed by atoms with van der Waals surface area (Å²) in [5.41, 5.74) is 1.37. The highest BCUT2D eigenvalue weighted by Gasteiger charge is 2.36. The molecule has 2 aromatic carbocycles. The van der Waals surface area contributed by atoms with E-state index in [2.05, 4.69) is 15.5 Å². The summed E-state index contributed by atoms with van der Waals surface area (Å²) >= 11 is 6.28. The fourth-order valence-corrected chi connectivity index (χ4v) is 3.75. The molecule has 7 heteroatoms. The standard InChI is InChI=1S/C21H24ClF2N3O/c1-2-25-21(28)20-10-17(26-11-14-7-8-16(23)9-19(14)24)13-27(20)12-15-5-3-4-6-18(15)22/h3-9,17,20,26H,2,10-13H2,1H3,(H,25,28)/t17-,20-/m0/s1. The number of likely N-dealkylation sites (N-methyl/N-ethyl adjacent to an activating group) is 1. The highest BCUT2D eigenvalue weighted by Crippen LogP contribution is 2.24. The zero-order valence-electron chi connectivity index (χ0n) is 15.7. The van der Waals surface area contributed by atoms with Crippen molar-refractivity contribution in [2.24, 2.45) is 0 Å². The minimum absolute atomic E-state index is 0.0135. The van der Waals surface area contributed by atoms with Crippen molar-refractivity contribution in [1.29, 1.82) is 0 Å². The number of nitrogens with zero attached hydrogens (tertiary/aromatic N) is 1. The van der Waals surface area contributed by atoms with Crippen LogP contribution in [0.25, 0.3) is 0 Å². The number of likely N-dealkylation sites (tertiary alicyclic amines) is 1. The van der Waals surface area contributed by atoms with Crippen LogP contribution in [-0.2, 0) is 17.9 Å². The first-order valence-electron chi connectivity index (χ1n) is 9.40. The predicted molar refractivity (Wildman–Crippen MR) is 106 cm³/mol. The van der Waals surface area contributed by atoms with Crippen LogP contribution in [0.4, 0.5) is 8.78 Å². The molecule has 28 heavy (non-hydrogen) atoms. The van der Waals surface area contributed by atoms with E-state index < -0.39 is 11.6 Å². The molecule has 1 saturated heterocycles. The maximum Gasteiger partial charge on any atom is 0.237 e. The van der Waals surface area contributed by atoms with Gasteiger partial charge in [-0.3, -0.25) is 9.69 Å². The van der Waals surface area contributed by atoms with Crippen molar-refractivity contribution in [3.63, 3.8) is 0 Å². The zero-order valence-corrected chi connectivity index (χ0v) is 16.5. The van der Waals surface area contributed by atoms with Gasteiger partial charge in [0.2, 0.25) is 5.91 Å². The van der Waals surface area contributed by atoms with Gasteiger partial charge >= 0.3 is 0 Å². The summed E-state index contributed by atoms with van der Waals surface area (Å²) in [5, 5.41) is 6.85. The van der Waals surface area contributed by atoms with Gasteiger partial charge in [0.05, 0.1) is 6.04 Å². The molecule has 1 amide bonds. The summed E-state index contributed by atoms with van der Waals surface area (Å²) in [5.74, 6) is -1.19. The molecule has 0 saturated carbocycles. The third kappa shape index (κ3) is 5.07. The van der Waals surface area contributed by atoms with E-state index in [9.17, 15) is 13.6 Å². The monoisotopic (exact) mass is 407 g/mol. The number of carbonyl (C=O) groups excluding carboxylic acids is 1. The van der Waals surface area contributed by atoms with E-state index >= 15 is 0 Å². The summed E-state index contributed by atoms with van der Waals surface area (Å²) < 4.78 is 26.9. The summed E-state index contributed by atoms with van der Waals surface area (Å²) in [4.78, 5) is 14.6. The second kappa shape index (κ2) is 9.45. The van der Waals surface area contributed by atoms with Crippen LogP contribution in [0.15, 0.2) is 42.5 Å². The van der Waals surface area contributed by atoms with Gasteiger partial charge in [-0.05, 0) is 31.0 Å². The Kier molecular flexibility index (Phi) is 6.99. The highest BCUT2D eigenvalue weighted by molar-refractivity contribution is 6.31. The number of amides is 1. The molecule has 1 fully saturated rings. The Hall–Kier alpha value is -2.02. The third-order valence-electron chi connectivity index (χ3n) is 4.98. The number of hydrogen-bond acceptors (Lipinski definition) is 3. The van der Waals surface area contributed by atoms with Crippen molar-refractivity contribution in [2.45, 2.75) is 38.5 Å². The lowest BCUT2D eigenvalue weighted by Crippen LogP contribution is -2.42. The van der Waals surface area contributed by atoms with E-state index in [1.54, 1.807) is 0 Å². The van der Waals surface area contributed by atoms with Gasteiger partial charge in [-0.15, -0.1) is 0 Å². The smallest absolute Gasteiger partial charge is 0.237 e. The van der Waals surface area contributed by atoms with Crippen LogP contribution in [0.1, 0.15) is 24.5 Å². The van der Waals surface area contributed by atoms with Crippen LogP contribution in [0.2, 0.25) is 5.02 Å². The van der Waals surface area contributed by atoms with Crippen molar-refractivity contribution >= 4 is 17.5 Å². The number of nitrogens with one attached hydrogen (secondary N) is 2. The molecular formula is C21H24ClF2N3O. The predicted octanol–water partition coefficient (Wildman–Crippen LogP) is 3.49. The van der Waals surface area contributed by atoms with Crippen molar-refractivity contribution < 1.29 is 13.6 Å². The molecule has 1 aliphatic heterocycles. The van der Waals surface area contributed by atoms with Crippen molar-refractivity contribution in [1.82, 2.24) is 15.5 Å². The quantitative estimate of drug-likeness (QED) is 0.738. The molecule has 0 spiro atoms. The maximum atomic E-state index is 13.9. The Morgan fingerprint density at radius 3 is 2.71 bits per heavy atom. The fourth-order valence-electron chi connectivity index (χ4n) is 3.56. The molecule has 3 rings (SSSR count). The van der Waals surface area contributed by atoms with Crippen molar-refractivity contribution in [3.8, 4) is 0 Å². The summed E-state index contributed by atoms with van der Waals surface area (Å²) in [6.45, 7) is 3.92. The van der Waals surface area contributed by atoms with E-state index in [4.69, 9.17) is 11.6 Å². The molecule has 2 aromatic rings. The van der Waals surface area contributed by atoms with E-state index in [1.165, 1.54) is 12.1 Å². The summed E-state index contributed by atoms with van der Waals surface area (Å²) in [6.07, 6.45) is 0.610. The van der Waals surface area contributed by atoms with Gasteiger partial charge in [-0.25, -0.2) is 8.78 Å². The first-order chi connectivity index (χ1) is 13.5. The lowest BCUT2D eigenvalue weighted by atomic mass is 10.1. The average molecular weight is 408 g/mol. The Balaban J connectivity index is 1.68. The van der Waals surface area contributed by atoms with Gasteiger partial charge in [0.15, 0.2) is 0 Å². The molecule has 0 aromatic heterocycles. The van der Waals surface area contributed by atoms with Crippen LogP contribution in [0.3, 0.4) is 0 Å². The first-order valence-corrected chi connectivity index (χ1v) is 9.78. The van der Waals surface area contributed by atoms with Gasteiger partial charge < -0.3 is 10.6 Å². The Morgan fingerprint density at radius 2 is 2.00 bits per heavy atom. The lowest BCUT2D eigenvalue weighted by Gasteiger charge is -2.23. The van der Waals surface area contributed by atoms with Crippen LogP contribution in [-0.4, -0.2) is 36.0 Å². The molecule has 0 aliphatic carbocycles. The Labute approximate surface area is 168 Å². The van der Waals surface area contributed by atoms with Gasteiger partial charge in [0.25, 0.3) is 0 Å². The van der Waals surface area contributed by atoms with Crippen LogP contribution in [0, 0.1) is 11.6 Å².